The molecule has 90 valence electrons. The molecule has 0 fully saturated rings. The van der Waals surface area contributed by atoms with Gasteiger partial charge in [-0.25, -0.2) is 10.8 Å². The molecule has 1 aromatic rings. The Morgan fingerprint density at radius 2 is 2.19 bits per heavy atom. The van der Waals surface area contributed by atoms with Crippen LogP contribution < -0.4 is 16.6 Å². The fraction of sp³-hybridized carbons (Fsp3) is 0.444. The van der Waals surface area contributed by atoms with Gasteiger partial charge >= 0.3 is 6.18 Å². The van der Waals surface area contributed by atoms with Crippen LogP contribution in [0.25, 0.3) is 0 Å². The Morgan fingerprint density at radius 3 is 2.75 bits per heavy atom. The Hall–Kier alpha value is -1.50. The van der Waals surface area contributed by atoms with Crippen LogP contribution >= 0.6 is 0 Å². The summed E-state index contributed by atoms with van der Waals surface area (Å²) in [6.07, 6.45) is -3.60. The number of rotatable bonds is 4. The number of hydrogen-bond donors (Lipinski definition) is 3. The minimum absolute atomic E-state index is 0.393. The molecule has 1 unspecified atom stereocenters. The minimum atomic E-state index is -4.17. The highest BCUT2D eigenvalue weighted by atomic mass is 19.4. The van der Waals surface area contributed by atoms with E-state index in [-0.39, 0.29) is 0 Å². The smallest absolute Gasteiger partial charge is 0.382 e. The largest absolute Gasteiger partial charge is 0.391 e. The zero-order chi connectivity index (χ0) is 12.2. The van der Waals surface area contributed by atoms with Crippen molar-refractivity contribution in [2.75, 3.05) is 10.7 Å². The average Bonchev–Trinajstić information content (AvgIpc) is 2.15. The number of alkyl halides is 3. The molecule has 0 aliphatic carbocycles. The van der Waals surface area contributed by atoms with E-state index in [1.165, 1.54) is 19.2 Å². The molecule has 0 spiro atoms. The van der Waals surface area contributed by atoms with Gasteiger partial charge in [0.15, 0.2) is 0 Å². The van der Waals surface area contributed by atoms with Gasteiger partial charge in [0.05, 0.1) is 6.42 Å². The predicted octanol–water partition coefficient (Wildman–Crippen LogP) is 2.12. The Balaban J connectivity index is 2.59. The fourth-order valence-electron chi connectivity index (χ4n) is 1.28. The molecule has 4 nitrogen and oxygen atoms in total. The first-order valence-corrected chi connectivity index (χ1v) is 4.66. The molecule has 0 bridgehead atoms. The summed E-state index contributed by atoms with van der Waals surface area (Å²) < 4.78 is 36.2. The fourth-order valence-corrected chi connectivity index (χ4v) is 1.28. The number of anilines is 2. The molecule has 0 aromatic carbocycles. The minimum Gasteiger partial charge on any atom is -0.382 e. The Labute approximate surface area is 91.0 Å². The average molecular weight is 234 g/mol. The highest BCUT2D eigenvalue weighted by Crippen LogP contribution is 2.23. The van der Waals surface area contributed by atoms with Crippen molar-refractivity contribution in [2.24, 2.45) is 5.84 Å². The second kappa shape index (κ2) is 5.02. The number of halogens is 3. The van der Waals surface area contributed by atoms with Crippen molar-refractivity contribution < 1.29 is 13.2 Å². The van der Waals surface area contributed by atoms with Gasteiger partial charge in [-0.15, -0.1) is 0 Å². The van der Waals surface area contributed by atoms with Crippen molar-refractivity contribution in [1.29, 1.82) is 0 Å². The van der Waals surface area contributed by atoms with E-state index in [0.29, 0.717) is 11.5 Å². The van der Waals surface area contributed by atoms with Crippen LogP contribution in [0.2, 0.25) is 0 Å². The SMILES string of the molecule is CC(CC(F)(F)F)Nc1ccnc(NN)c1. The van der Waals surface area contributed by atoms with Crippen LogP contribution in [0, 0.1) is 0 Å². The Bertz CT molecular complexity index is 340. The summed E-state index contributed by atoms with van der Waals surface area (Å²) in [5.41, 5.74) is 2.86. The van der Waals surface area contributed by atoms with Gasteiger partial charge in [-0.2, -0.15) is 13.2 Å². The monoisotopic (exact) mass is 234 g/mol. The quantitative estimate of drug-likeness (QED) is 0.551. The van der Waals surface area contributed by atoms with Crippen molar-refractivity contribution >= 4 is 11.5 Å². The summed E-state index contributed by atoms with van der Waals surface area (Å²) in [6.45, 7) is 1.46. The molecule has 0 saturated heterocycles. The summed E-state index contributed by atoms with van der Waals surface area (Å²) in [5, 5.41) is 2.72. The van der Waals surface area contributed by atoms with Crippen molar-refractivity contribution in [3.63, 3.8) is 0 Å². The number of nitrogens with zero attached hydrogens (tertiary/aromatic N) is 1. The molecular formula is C9H13F3N4. The van der Waals surface area contributed by atoms with E-state index in [1.54, 1.807) is 6.07 Å². The summed E-state index contributed by atoms with van der Waals surface area (Å²) in [5.74, 6) is 5.52. The van der Waals surface area contributed by atoms with Crippen molar-refractivity contribution in [2.45, 2.75) is 25.6 Å². The molecule has 0 amide bonds. The molecule has 0 saturated carbocycles. The van der Waals surface area contributed by atoms with Gasteiger partial charge in [0.2, 0.25) is 0 Å². The van der Waals surface area contributed by atoms with E-state index in [0.717, 1.165) is 0 Å². The van der Waals surface area contributed by atoms with Crippen LogP contribution in [-0.4, -0.2) is 17.2 Å². The molecule has 1 aromatic heterocycles. The molecule has 7 heteroatoms. The van der Waals surface area contributed by atoms with Gasteiger partial charge in [-0.3, -0.25) is 0 Å². The lowest BCUT2D eigenvalue weighted by Gasteiger charge is -2.17. The van der Waals surface area contributed by atoms with Crippen molar-refractivity contribution in [3.05, 3.63) is 18.3 Å². The number of hydrogen-bond acceptors (Lipinski definition) is 4. The van der Waals surface area contributed by atoms with Gasteiger partial charge in [-0.05, 0) is 13.0 Å². The van der Waals surface area contributed by atoms with E-state index in [1.807, 2.05) is 0 Å². The standard InChI is InChI=1S/C9H13F3N4/c1-6(5-9(10,11)12)15-7-2-3-14-8(4-7)16-13/h2-4,6H,5,13H2,1H3,(H2,14,15,16). The molecule has 1 heterocycles. The zero-order valence-corrected chi connectivity index (χ0v) is 8.67. The molecule has 0 radical (unpaired) electrons. The Morgan fingerprint density at radius 1 is 1.50 bits per heavy atom. The maximum atomic E-state index is 12.1. The van der Waals surface area contributed by atoms with E-state index in [9.17, 15) is 13.2 Å². The first kappa shape index (κ1) is 12.6. The molecule has 0 aliphatic rings. The summed E-state index contributed by atoms with van der Waals surface area (Å²) in [7, 11) is 0. The summed E-state index contributed by atoms with van der Waals surface area (Å²) >= 11 is 0. The second-order valence-corrected chi connectivity index (χ2v) is 3.44. The number of nitrogens with two attached hydrogens (primary N) is 1. The number of nitrogen functional groups attached to an aromatic ring is 1. The summed E-state index contributed by atoms with van der Waals surface area (Å²) in [4.78, 5) is 3.84. The van der Waals surface area contributed by atoms with Gasteiger partial charge < -0.3 is 10.7 Å². The van der Waals surface area contributed by atoms with Crippen molar-refractivity contribution in [1.82, 2.24) is 4.98 Å². The Kier molecular flexibility index (Phi) is 3.94. The van der Waals surface area contributed by atoms with Gasteiger partial charge in [0.1, 0.15) is 5.82 Å². The molecule has 0 aliphatic heterocycles. The van der Waals surface area contributed by atoms with Crippen LogP contribution in [0.5, 0.6) is 0 Å². The lowest BCUT2D eigenvalue weighted by atomic mass is 10.2. The lowest BCUT2D eigenvalue weighted by Crippen LogP contribution is -2.24. The topological polar surface area (TPSA) is 63.0 Å². The van der Waals surface area contributed by atoms with E-state index in [4.69, 9.17) is 5.84 Å². The molecule has 16 heavy (non-hydrogen) atoms. The maximum absolute atomic E-state index is 12.1. The zero-order valence-electron chi connectivity index (χ0n) is 8.67. The third-order valence-electron chi connectivity index (χ3n) is 1.86. The second-order valence-electron chi connectivity index (χ2n) is 3.44. The molecule has 4 N–H and O–H groups in total. The number of nitrogens with one attached hydrogen (secondary N) is 2. The van der Waals surface area contributed by atoms with Gasteiger partial charge in [0, 0.05) is 24.0 Å². The van der Waals surface area contributed by atoms with E-state index < -0.39 is 18.6 Å². The van der Waals surface area contributed by atoms with E-state index >= 15 is 0 Å². The first-order chi connectivity index (χ1) is 7.40. The van der Waals surface area contributed by atoms with Crippen molar-refractivity contribution in [3.8, 4) is 0 Å². The van der Waals surface area contributed by atoms with Gasteiger partial charge in [-0.1, -0.05) is 0 Å². The van der Waals surface area contributed by atoms with Gasteiger partial charge in [0.25, 0.3) is 0 Å². The van der Waals surface area contributed by atoms with Crippen LogP contribution in [0.4, 0.5) is 24.7 Å². The third-order valence-corrected chi connectivity index (χ3v) is 1.86. The normalized spacial score (nSPS) is 13.3. The number of pyridine rings is 1. The number of aromatic nitrogens is 1. The molecule has 1 rings (SSSR count). The maximum Gasteiger partial charge on any atom is 0.391 e. The highest BCUT2D eigenvalue weighted by molar-refractivity contribution is 5.51. The van der Waals surface area contributed by atoms with Crippen LogP contribution in [-0.2, 0) is 0 Å². The van der Waals surface area contributed by atoms with Crippen LogP contribution in [0.1, 0.15) is 13.3 Å². The third kappa shape index (κ3) is 4.35. The molecule has 1 atom stereocenters. The predicted molar refractivity (Wildman–Crippen MR) is 55.8 cm³/mol. The highest BCUT2D eigenvalue weighted by Gasteiger charge is 2.29. The first-order valence-electron chi connectivity index (χ1n) is 4.66. The van der Waals surface area contributed by atoms with Crippen LogP contribution in [0.3, 0.4) is 0 Å². The molecular weight excluding hydrogens is 221 g/mol. The van der Waals surface area contributed by atoms with E-state index in [2.05, 4.69) is 15.7 Å². The van der Waals surface area contributed by atoms with Crippen LogP contribution in [0.15, 0.2) is 18.3 Å². The summed E-state index contributed by atoms with van der Waals surface area (Å²) in [6, 6.07) is 2.41. The lowest BCUT2D eigenvalue weighted by molar-refractivity contribution is -0.136. The number of hydrazine groups is 1.